The van der Waals surface area contributed by atoms with Gasteiger partial charge in [0.2, 0.25) is 5.91 Å². The Hall–Kier alpha value is -1.20. The molecule has 98 valence electrons. The van der Waals surface area contributed by atoms with Crippen LogP contribution in [0.5, 0.6) is 0 Å². The number of rotatable bonds is 4. The van der Waals surface area contributed by atoms with Crippen molar-refractivity contribution in [1.82, 2.24) is 10.6 Å². The Kier molecular flexibility index (Phi) is 4.49. The quantitative estimate of drug-likeness (QED) is 0.818. The number of hydrogen-bond donors (Lipinski definition) is 2. The number of nitrogens with one attached hydrogen (secondary N) is 2. The number of benzene rings is 1. The lowest BCUT2D eigenvalue weighted by atomic mass is 9.95. The van der Waals surface area contributed by atoms with Crippen molar-refractivity contribution < 1.29 is 9.00 Å². The molecule has 2 rings (SSSR count). The summed E-state index contributed by atoms with van der Waals surface area (Å²) < 4.78 is 10.9. The molecule has 0 radical (unpaired) electrons. The predicted molar refractivity (Wildman–Crippen MR) is 72.7 cm³/mol. The molecular formula is C13H18N2O2S. The molecule has 4 nitrogen and oxygen atoms in total. The fraction of sp³-hybridized carbons (Fsp3) is 0.462. The monoisotopic (exact) mass is 266 g/mol. The molecule has 1 aromatic carbocycles. The van der Waals surface area contributed by atoms with Crippen molar-refractivity contribution in [3.8, 4) is 0 Å². The molecule has 18 heavy (non-hydrogen) atoms. The minimum Gasteiger partial charge on any atom is -0.354 e. The topological polar surface area (TPSA) is 58.2 Å². The molecule has 1 unspecified atom stereocenters. The SMILES string of the molecule is CS(=O)CCNC(=O)[C@@H]1Cc2ccccc2CN1. The van der Waals surface area contributed by atoms with E-state index in [9.17, 15) is 9.00 Å². The number of amides is 1. The lowest BCUT2D eigenvalue weighted by molar-refractivity contribution is -0.123. The van der Waals surface area contributed by atoms with E-state index in [0.29, 0.717) is 12.3 Å². The van der Waals surface area contributed by atoms with Crippen molar-refractivity contribution in [1.29, 1.82) is 0 Å². The average Bonchev–Trinajstić information content (AvgIpc) is 2.37. The smallest absolute Gasteiger partial charge is 0.237 e. The summed E-state index contributed by atoms with van der Waals surface area (Å²) in [5.41, 5.74) is 2.49. The first-order valence-electron chi connectivity index (χ1n) is 6.04. The van der Waals surface area contributed by atoms with Crippen LogP contribution in [-0.2, 0) is 28.6 Å². The lowest BCUT2D eigenvalue weighted by Gasteiger charge is -2.25. The van der Waals surface area contributed by atoms with Gasteiger partial charge in [0.1, 0.15) is 0 Å². The first-order valence-corrected chi connectivity index (χ1v) is 7.77. The minimum absolute atomic E-state index is 0.00467. The zero-order valence-corrected chi connectivity index (χ0v) is 11.3. The highest BCUT2D eigenvalue weighted by atomic mass is 32.2. The molecule has 0 bridgehead atoms. The highest BCUT2D eigenvalue weighted by Gasteiger charge is 2.23. The van der Waals surface area contributed by atoms with Crippen molar-refractivity contribution in [3.05, 3.63) is 35.4 Å². The van der Waals surface area contributed by atoms with Gasteiger partial charge in [-0.25, -0.2) is 0 Å². The molecule has 0 spiro atoms. The predicted octanol–water partition coefficient (Wildman–Crippen LogP) is 0.196. The second kappa shape index (κ2) is 6.11. The van der Waals surface area contributed by atoms with Crippen LogP contribution in [0, 0.1) is 0 Å². The van der Waals surface area contributed by atoms with E-state index in [2.05, 4.69) is 22.8 Å². The van der Waals surface area contributed by atoms with Crippen LogP contribution in [0.2, 0.25) is 0 Å². The Labute approximate surface area is 110 Å². The Balaban J connectivity index is 1.88. The third-order valence-corrected chi connectivity index (χ3v) is 3.87. The molecule has 0 fully saturated rings. The normalized spacial score (nSPS) is 19.9. The van der Waals surface area contributed by atoms with E-state index in [1.807, 2.05) is 12.1 Å². The minimum atomic E-state index is -0.858. The van der Waals surface area contributed by atoms with Gasteiger partial charge < -0.3 is 10.6 Å². The Morgan fingerprint density at radius 2 is 2.17 bits per heavy atom. The first-order chi connectivity index (χ1) is 8.66. The van der Waals surface area contributed by atoms with Gasteiger partial charge in [-0.05, 0) is 17.5 Å². The molecule has 0 aromatic heterocycles. The van der Waals surface area contributed by atoms with E-state index < -0.39 is 10.8 Å². The highest BCUT2D eigenvalue weighted by Crippen LogP contribution is 2.16. The van der Waals surface area contributed by atoms with Crippen LogP contribution in [-0.4, -0.2) is 34.7 Å². The van der Waals surface area contributed by atoms with Crippen molar-refractivity contribution in [2.75, 3.05) is 18.6 Å². The van der Waals surface area contributed by atoms with E-state index >= 15 is 0 Å². The molecule has 1 aliphatic heterocycles. The average molecular weight is 266 g/mol. The van der Waals surface area contributed by atoms with Gasteiger partial charge in [-0.3, -0.25) is 9.00 Å². The van der Waals surface area contributed by atoms with Crippen LogP contribution < -0.4 is 10.6 Å². The van der Waals surface area contributed by atoms with E-state index in [-0.39, 0.29) is 11.9 Å². The molecule has 1 amide bonds. The van der Waals surface area contributed by atoms with Crippen LogP contribution in [0.3, 0.4) is 0 Å². The summed E-state index contributed by atoms with van der Waals surface area (Å²) in [4.78, 5) is 11.9. The van der Waals surface area contributed by atoms with Crippen LogP contribution in [0.25, 0.3) is 0 Å². The van der Waals surface area contributed by atoms with Gasteiger partial charge >= 0.3 is 0 Å². The van der Waals surface area contributed by atoms with Crippen LogP contribution in [0.4, 0.5) is 0 Å². The molecule has 1 aliphatic rings. The third kappa shape index (κ3) is 3.40. The molecule has 0 saturated heterocycles. The van der Waals surface area contributed by atoms with E-state index in [4.69, 9.17) is 0 Å². The fourth-order valence-corrected chi connectivity index (χ4v) is 2.47. The van der Waals surface area contributed by atoms with Gasteiger partial charge in [0.15, 0.2) is 0 Å². The summed E-state index contributed by atoms with van der Waals surface area (Å²) in [6.45, 7) is 1.20. The summed E-state index contributed by atoms with van der Waals surface area (Å²) in [6, 6.07) is 7.98. The Morgan fingerprint density at radius 3 is 2.89 bits per heavy atom. The third-order valence-electron chi connectivity index (χ3n) is 3.09. The second-order valence-electron chi connectivity index (χ2n) is 4.47. The van der Waals surface area contributed by atoms with Gasteiger partial charge in [0, 0.05) is 35.9 Å². The molecule has 5 heteroatoms. The van der Waals surface area contributed by atoms with E-state index in [0.717, 1.165) is 13.0 Å². The summed E-state index contributed by atoms with van der Waals surface area (Å²) in [6.07, 6.45) is 2.36. The molecule has 2 atom stereocenters. The zero-order chi connectivity index (χ0) is 13.0. The fourth-order valence-electron chi connectivity index (χ4n) is 2.08. The van der Waals surface area contributed by atoms with Crippen LogP contribution in [0.1, 0.15) is 11.1 Å². The van der Waals surface area contributed by atoms with Crippen molar-refractivity contribution in [2.24, 2.45) is 0 Å². The molecule has 0 aliphatic carbocycles. The zero-order valence-electron chi connectivity index (χ0n) is 10.4. The van der Waals surface area contributed by atoms with Gasteiger partial charge in [0.25, 0.3) is 0 Å². The molecule has 1 aromatic rings. The van der Waals surface area contributed by atoms with Gasteiger partial charge in [0.05, 0.1) is 6.04 Å². The molecule has 1 heterocycles. The van der Waals surface area contributed by atoms with Gasteiger partial charge in [-0.15, -0.1) is 0 Å². The first kappa shape index (κ1) is 13.2. The molecule has 0 saturated carbocycles. The number of fused-ring (bicyclic) bond motifs is 1. The summed E-state index contributed by atoms with van der Waals surface area (Å²) >= 11 is 0. The Bertz CT molecular complexity index is 462. The van der Waals surface area contributed by atoms with Crippen molar-refractivity contribution >= 4 is 16.7 Å². The van der Waals surface area contributed by atoms with E-state index in [1.54, 1.807) is 6.26 Å². The molecule has 2 N–H and O–H groups in total. The maximum absolute atomic E-state index is 11.9. The Morgan fingerprint density at radius 1 is 1.44 bits per heavy atom. The summed E-state index contributed by atoms with van der Waals surface area (Å²) in [5.74, 6) is 0.504. The lowest BCUT2D eigenvalue weighted by Crippen LogP contribution is -2.48. The summed E-state index contributed by atoms with van der Waals surface area (Å²) in [5, 5.41) is 6.05. The van der Waals surface area contributed by atoms with Crippen LogP contribution in [0.15, 0.2) is 24.3 Å². The van der Waals surface area contributed by atoms with E-state index in [1.165, 1.54) is 11.1 Å². The maximum Gasteiger partial charge on any atom is 0.237 e. The number of carbonyl (C=O) groups excluding carboxylic acids is 1. The van der Waals surface area contributed by atoms with Crippen molar-refractivity contribution in [2.45, 2.75) is 19.0 Å². The number of carbonyl (C=O) groups is 1. The van der Waals surface area contributed by atoms with Gasteiger partial charge in [-0.2, -0.15) is 0 Å². The van der Waals surface area contributed by atoms with Crippen molar-refractivity contribution in [3.63, 3.8) is 0 Å². The maximum atomic E-state index is 11.9. The van der Waals surface area contributed by atoms with Crippen LogP contribution >= 0.6 is 0 Å². The largest absolute Gasteiger partial charge is 0.354 e. The summed E-state index contributed by atoms with van der Waals surface area (Å²) in [7, 11) is -0.858. The molecular weight excluding hydrogens is 248 g/mol. The van der Waals surface area contributed by atoms with Gasteiger partial charge in [-0.1, -0.05) is 24.3 Å². The standard InChI is InChI=1S/C13H18N2O2S/c1-18(17)7-6-14-13(16)12-8-10-4-2-3-5-11(10)9-15-12/h2-5,12,15H,6-9H2,1H3,(H,14,16)/t12-,18?/m0/s1. The number of hydrogen-bond acceptors (Lipinski definition) is 3. The second-order valence-corrected chi connectivity index (χ2v) is 6.03. The highest BCUT2D eigenvalue weighted by molar-refractivity contribution is 7.84.